The van der Waals surface area contributed by atoms with Gasteiger partial charge in [-0.05, 0) is 18.2 Å². The molecular formula is C7H4Cl2O. The maximum atomic E-state index is 5.64. The number of rotatable bonds is 1. The van der Waals surface area contributed by atoms with Crippen molar-refractivity contribution in [1.29, 1.82) is 0 Å². The average molecular weight is 175 g/mol. The second-order valence-electron chi connectivity index (χ2n) is 1.69. The van der Waals surface area contributed by atoms with Gasteiger partial charge in [0.25, 0.3) is 0 Å². The molecule has 0 saturated heterocycles. The molecule has 2 radical (unpaired) electrons. The maximum Gasteiger partial charge on any atom is 0.180 e. The molecule has 1 aromatic rings. The maximum absolute atomic E-state index is 5.64. The second-order valence-corrected chi connectivity index (χ2v) is 2.54. The van der Waals surface area contributed by atoms with E-state index in [1.807, 2.05) is 0 Å². The van der Waals surface area contributed by atoms with E-state index >= 15 is 0 Å². The summed E-state index contributed by atoms with van der Waals surface area (Å²) in [6.07, 6.45) is 0. The van der Waals surface area contributed by atoms with E-state index in [1.165, 1.54) is 0 Å². The highest BCUT2D eigenvalue weighted by molar-refractivity contribution is 6.35. The van der Waals surface area contributed by atoms with Crippen LogP contribution in [0.25, 0.3) is 0 Å². The molecule has 1 aromatic carbocycles. The summed E-state index contributed by atoms with van der Waals surface area (Å²) < 4.78 is 4.41. The van der Waals surface area contributed by atoms with Crippen LogP contribution < -0.4 is 4.74 Å². The Morgan fingerprint density at radius 3 is 2.50 bits per heavy atom. The van der Waals surface area contributed by atoms with Crippen molar-refractivity contribution in [3.63, 3.8) is 0 Å². The molecule has 10 heavy (non-hydrogen) atoms. The van der Waals surface area contributed by atoms with E-state index in [4.69, 9.17) is 30.3 Å². The van der Waals surface area contributed by atoms with Crippen molar-refractivity contribution in [3.8, 4) is 5.75 Å². The zero-order valence-corrected chi connectivity index (χ0v) is 6.49. The van der Waals surface area contributed by atoms with E-state index < -0.39 is 0 Å². The molecule has 0 heterocycles. The quantitative estimate of drug-likeness (QED) is 0.637. The number of ether oxygens (including phenoxy) is 1. The lowest BCUT2D eigenvalue weighted by atomic mass is 10.3. The monoisotopic (exact) mass is 174 g/mol. The van der Waals surface area contributed by atoms with Crippen LogP contribution >= 0.6 is 23.2 Å². The lowest BCUT2D eigenvalue weighted by Gasteiger charge is -1.99. The first-order valence-corrected chi connectivity index (χ1v) is 3.31. The Kier molecular flexibility index (Phi) is 2.41. The van der Waals surface area contributed by atoms with Crippen LogP contribution in [0.1, 0.15) is 0 Å². The van der Waals surface area contributed by atoms with E-state index in [2.05, 4.69) is 4.74 Å². The van der Waals surface area contributed by atoms with Crippen molar-refractivity contribution >= 4 is 23.2 Å². The van der Waals surface area contributed by atoms with Gasteiger partial charge in [0.15, 0.2) is 7.11 Å². The molecule has 0 aliphatic carbocycles. The molecule has 3 heteroatoms. The molecule has 0 amide bonds. The molecule has 0 N–H and O–H groups in total. The van der Waals surface area contributed by atoms with Crippen LogP contribution in [0, 0.1) is 7.11 Å². The molecule has 0 aliphatic rings. The molecule has 0 spiro atoms. The minimum atomic E-state index is 0.412. The molecule has 52 valence electrons. The van der Waals surface area contributed by atoms with Crippen LogP contribution in [-0.2, 0) is 0 Å². The third-order valence-corrected chi connectivity index (χ3v) is 1.55. The van der Waals surface area contributed by atoms with Crippen LogP contribution in [0.5, 0.6) is 5.75 Å². The number of halogens is 2. The van der Waals surface area contributed by atoms with Crippen molar-refractivity contribution in [2.45, 2.75) is 0 Å². The lowest BCUT2D eigenvalue weighted by molar-refractivity contribution is 0.473. The molecule has 1 rings (SSSR count). The summed E-state index contributed by atoms with van der Waals surface area (Å²) in [6.45, 7) is 0. The molecule has 0 saturated carbocycles. The lowest BCUT2D eigenvalue weighted by Crippen LogP contribution is -1.79. The SMILES string of the molecule is [CH]Oc1ccc(Cl)cc1Cl. The fourth-order valence-electron chi connectivity index (χ4n) is 0.571. The van der Waals surface area contributed by atoms with Crippen LogP contribution in [0.2, 0.25) is 10.0 Å². The summed E-state index contributed by atoms with van der Waals surface area (Å²) in [4.78, 5) is 0. The van der Waals surface area contributed by atoms with Gasteiger partial charge in [-0.3, -0.25) is 0 Å². The Hall–Kier alpha value is -0.400. The van der Waals surface area contributed by atoms with E-state index in [0.717, 1.165) is 0 Å². The predicted molar refractivity (Wildman–Crippen MR) is 41.4 cm³/mol. The summed E-state index contributed by atoms with van der Waals surface area (Å²) in [7, 11) is 4.87. The standard InChI is InChI=1S/C7H4Cl2O/c1-10-7-3-2-5(8)4-6(7)9/h1-4H. The van der Waals surface area contributed by atoms with Gasteiger partial charge in [0.1, 0.15) is 5.75 Å². The van der Waals surface area contributed by atoms with Crippen molar-refractivity contribution in [1.82, 2.24) is 0 Å². The molecule has 0 fully saturated rings. The Balaban J connectivity index is 3.07. The first-order chi connectivity index (χ1) is 4.74. The number of hydrogen-bond acceptors (Lipinski definition) is 1. The summed E-state index contributed by atoms with van der Waals surface area (Å²) in [6, 6.07) is 4.81. The molecule has 0 bridgehead atoms. The minimum Gasteiger partial charge on any atom is -0.481 e. The summed E-state index contributed by atoms with van der Waals surface area (Å²) in [5.41, 5.74) is 0. The fraction of sp³-hybridized carbons (Fsp3) is 0. The largest absolute Gasteiger partial charge is 0.481 e. The van der Waals surface area contributed by atoms with E-state index in [9.17, 15) is 0 Å². The zero-order valence-electron chi connectivity index (χ0n) is 4.97. The summed E-state index contributed by atoms with van der Waals surface area (Å²) >= 11 is 11.2. The summed E-state index contributed by atoms with van der Waals surface area (Å²) in [5.74, 6) is 0.422. The van der Waals surface area contributed by atoms with Gasteiger partial charge >= 0.3 is 0 Å². The van der Waals surface area contributed by atoms with E-state index in [1.54, 1.807) is 18.2 Å². The highest BCUT2D eigenvalue weighted by atomic mass is 35.5. The summed E-state index contributed by atoms with van der Waals surface area (Å²) in [5, 5.41) is 0.973. The van der Waals surface area contributed by atoms with Gasteiger partial charge in [-0.1, -0.05) is 23.2 Å². The molecule has 0 aromatic heterocycles. The van der Waals surface area contributed by atoms with Gasteiger partial charge in [0.2, 0.25) is 0 Å². The molecule has 0 aliphatic heterocycles. The van der Waals surface area contributed by atoms with Crippen LogP contribution in [0.15, 0.2) is 18.2 Å². The first kappa shape index (κ1) is 7.70. The molecular weight excluding hydrogens is 171 g/mol. The first-order valence-electron chi connectivity index (χ1n) is 2.56. The molecule has 1 nitrogen and oxygen atoms in total. The molecule has 0 atom stereocenters. The van der Waals surface area contributed by atoms with Gasteiger partial charge in [-0.2, -0.15) is 0 Å². The van der Waals surface area contributed by atoms with Crippen LogP contribution in [0.4, 0.5) is 0 Å². The van der Waals surface area contributed by atoms with Crippen molar-refractivity contribution < 1.29 is 4.74 Å². The zero-order chi connectivity index (χ0) is 7.56. The average Bonchev–Trinajstić information content (AvgIpc) is 1.88. The third kappa shape index (κ3) is 1.55. The van der Waals surface area contributed by atoms with Gasteiger partial charge in [0, 0.05) is 5.02 Å². The Labute approximate surface area is 69.5 Å². The highest BCUT2D eigenvalue weighted by Crippen LogP contribution is 2.26. The number of hydrogen-bond donors (Lipinski definition) is 0. The van der Waals surface area contributed by atoms with Gasteiger partial charge in [0.05, 0.1) is 5.02 Å². The second kappa shape index (κ2) is 3.13. The van der Waals surface area contributed by atoms with E-state index in [-0.39, 0.29) is 0 Å². The Morgan fingerprint density at radius 2 is 2.00 bits per heavy atom. The normalized spacial score (nSPS) is 9.50. The van der Waals surface area contributed by atoms with Crippen molar-refractivity contribution in [2.75, 3.05) is 0 Å². The van der Waals surface area contributed by atoms with E-state index in [0.29, 0.717) is 15.8 Å². The minimum absolute atomic E-state index is 0.412. The smallest absolute Gasteiger partial charge is 0.180 e. The van der Waals surface area contributed by atoms with Crippen LogP contribution in [-0.4, -0.2) is 0 Å². The van der Waals surface area contributed by atoms with Gasteiger partial charge in [-0.25, -0.2) is 0 Å². The van der Waals surface area contributed by atoms with Gasteiger partial charge < -0.3 is 4.74 Å². The topological polar surface area (TPSA) is 9.23 Å². The Morgan fingerprint density at radius 1 is 1.30 bits per heavy atom. The van der Waals surface area contributed by atoms with Gasteiger partial charge in [-0.15, -0.1) is 0 Å². The third-order valence-electron chi connectivity index (χ3n) is 1.02. The van der Waals surface area contributed by atoms with Crippen molar-refractivity contribution in [2.24, 2.45) is 0 Å². The molecule has 0 unspecified atom stereocenters. The van der Waals surface area contributed by atoms with Crippen LogP contribution in [0.3, 0.4) is 0 Å². The highest BCUT2D eigenvalue weighted by Gasteiger charge is 1.98. The Bertz CT molecular complexity index is 235. The number of benzene rings is 1. The fourth-order valence-corrected chi connectivity index (χ4v) is 1.02. The van der Waals surface area contributed by atoms with Crippen molar-refractivity contribution in [3.05, 3.63) is 35.4 Å². The predicted octanol–water partition coefficient (Wildman–Crippen LogP) is 3.04.